The van der Waals surface area contributed by atoms with Gasteiger partial charge in [-0.05, 0) is 6.42 Å². The Morgan fingerprint density at radius 2 is 2.40 bits per heavy atom. The normalized spacial score (nSPS) is 13.0. The van der Waals surface area contributed by atoms with E-state index in [-0.39, 0.29) is 11.0 Å². The molecule has 1 N–H and O–H groups in total. The molecule has 1 atom stereocenters. The molecule has 0 amide bonds. The minimum absolute atomic E-state index is 0.00272. The molecule has 0 aromatic carbocycles. The lowest BCUT2D eigenvalue weighted by atomic mass is 10.2. The molecule has 6 heteroatoms. The van der Waals surface area contributed by atoms with Crippen LogP contribution in [0.5, 0.6) is 0 Å². The number of thioether (sulfide) groups is 1. The van der Waals surface area contributed by atoms with E-state index < -0.39 is 5.97 Å². The molecule has 0 aromatic rings. The number of nitriles is 1. The molecule has 0 aliphatic carbocycles. The fourth-order valence-corrected chi connectivity index (χ4v) is 2.00. The van der Waals surface area contributed by atoms with Crippen LogP contribution in [-0.2, 0) is 9.63 Å². The van der Waals surface area contributed by atoms with Gasteiger partial charge in [-0.3, -0.25) is 0 Å². The van der Waals surface area contributed by atoms with Gasteiger partial charge in [0.15, 0.2) is 5.71 Å². The lowest BCUT2D eigenvalue weighted by Crippen LogP contribution is -2.26. The zero-order valence-electron chi connectivity index (χ0n) is 8.77. The van der Waals surface area contributed by atoms with E-state index in [4.69, 9.17) is 10.4 Å². The van der Waals surface area contributed by atoms with Gasteiger partial charge in [0.05, 0.1) is 11.3 Å². The average molecular weight is 230 g/mol. The van der Waals surface area contributed by atoms with Gasteiger partial charge >= 0.3 is 5.97 Å². The molecule has 84 valence electrons. The van der Waals surface area contributed by atoms with Crippen molar-refractivity contribution in [3.05, 3.63) is 0 Å². The highest BCUT2D eigenvalue weighted by Gasteiger charge is 2.22. The largest absolute Gasteiger partial charge is 0.477 e. The van der Waals surface area contributed by atoms with E-state index in [0.29, 0.717) is 18.6 Å². The Bertz CT molecular complexity index is 273. The summed E-state index contributed by atoms with van der Waals surface area (Å²) in [6.07, 6.45) is 1.05. The monoisotopic (exact) mass is 230 g/mol. The first-order valence-corrected chi connectivity index (χ1v) is 5.55. The first kappa shape index (κ1) is 13.8. The molecule has 0 aromatic heterocycles. The number of carboxylic acids is 1. The molecular formula is C9H14N2O3S. The fraction of sp³-hybridized carbons (Fsp3) is 0.667. The van der Waals surface area contributed by atoms with Gasteiger partial charge < -0.3 is 9.94 Å². The van der Waals surface area contributed by atoms with Crippen LogP contribution < -0.4 is 0 Å². The minimum atomic E-state index is -1.08. The van der Waals surface area contributed by atoms with Crippen LogP contribution in [0.15, 0.2) is 5.16 Å². The molecule has 5 nitrogen and oxygen atoms in total. The summed E-state index contributed by atoms with van der Waals surface area (Å²) >= 11 is 1.41. The van der Waals surface area contributed by atoms with Crippen LogP contribution in [0.2, 0.25) is 0 Å². The van der Waals surface area contributed by atoms with Crippen molar-refractivity contribution < 1.29 is 14.7 Å². The van der Waals surface area contributed by atoms with Crippen molar-refractivity contribution in [1.82, 2.24) is 0 Å². The summed E-state index contributed by atoms with van der Waals surface area (Å²) in [5.74, 6) is -0.474. The van der Waals surface area contributed by atoms with Crippen LogP contribution >= 0.6 is 11.8 Å². The predicted octanol–water partition coefficient (Wildman–Crippen LogP) is 1.50. The predicted molar refractivity (Wildman–Crippen MR) is 58.8 cm³/mol. The van der Waals surface area contributed by atoms with Crippen LogP contribution in [0.25, 0.3) is 0 Å². The number of carbonyl (C=O) groups is 1. The second-order valence-electron chi connectivity index (χ2n) is 2.64. The van der Waals surface area contributed by atoms with Crippen LogP contribution in [0.4, 0.5) is 0 Å². The Balaban J connectivity index is 4.41. The number of oxime groups is 1. The maximum atomic E-state index is 10.8. The lowest BCUT2D eigenvalue weighted by Gasteiger charge is -2.12. The number of aliphatic carboxylic acids is 1. The number of hydrogen-bond donors (Lipinski definition) is 1. The Labute approximate surface area is 93.1 Å². The van der Waals surface area contributed by atoms with Crippen LogP contribution in [0.1, 0.15) is 19.8 Å². The van der Waals surface area contributed by atoms with Gasteiger partial charge in [0.1, 0.15) is 7.11 Å². The van der Waals surface area contributed by atoms with E-state index in [2.05, 4.69) is 9.99 Å². The van der Waals surface area contributed by atoms with Crippen molar-refractivity contribution in [2.24, 2.45) is 5.16 Å². The van der Waals surface area contributed by atoms with Crippen LogP contribution in [0, 0.1) is 11.3 Å². The number of nitrogens with zero attached hydrogens (tertiary/aromatic N) is 2. The molecule has 0 fully saturated rings. The van der Waals surface area contributed by atoms with E-state index >= 15 is 0 Å². The summed E-state index contributed by atoms with van der Waals surface area (Å²) in [5.41, 5.74) is 0.00272. The maximum absolute atomic E-state index is 10.8. The van der Waals surface area contributed by atoms with Crippen molar-refractivity contribution in [2.45, 2.75) is 25.0 Å². The second kappa shape index (κ2) is 8.12. The number of hydrogen-bond acceptors (Lipinski definition) is 5. The van der Waals surface area contributed by atoms with Crippen molar-refractivity contribution in [3.63, 3.8) is 0 Å². The third-order valence-electron chi connectivity index (χ3n) is 1.62. The van der Waals surface area contributed by atoms with E-state index in [1.54, 1.807) is 0 Å². The molecule has 0 radical (unpaired) electrons. The molecule has 1 unspecified atom stereocenters. The molecule has 0 aliphatic heterocycles. The highest BCUT2D eigenvalue weighted by molar-refractivity contribution is 8.00. The minimum Gasteiger partial charge on any atom is -0.477 e. The van der Waals surface area contributed by atoms with Crippen LogP contribution in [0.3, 0.4) is 0 Å². The summed E-state index contributed by atoms with van der Waals surface area (Å²) in [6.45, 7) is 1.87. The Hall–Kier alpha value is -1.22. The third-order valence-corrected chi connectivity index (χ3v) is 3.02. The van der Waals surface area contributed by atoms with Gasteiger partial charge in [-0.25, -0.2) is 4.79 Å². The van der Waals surface area contributed by atoms with Crippen molar-refractivity contribution in [3.8, 4) is 6.07 Å². The van der Waals surface area contributed by atoms with E-state index in [0.717, 1.165) is 0 Å². The second-order valence-corrected chi connectivity index (χ2v) is 3.95. The molecule has 0 bridgehead atoms. The standard InChI is InChI=1S/C9H14N2O3S/c1-3-7(15-6-4-5-10)8(9(12)13)11-14-2/h7H,3-4,6H2,1-2H3,(H,12,13). The smallest absolute Gasteiger partial charge is 0.354 e. The van der Waals surface area contributed by atoms with E-state index in [9.17, 15) is 4.79 Å². The summed E-state index contributed by atoms with van der Waals surface area (Å²) in [4.78, 5) is 15.3. The first-order valence-electron chi connectivity index (χ1n) is 4.50. The molecule has 0 aliphatic rings. The summed E-state index contributed by atoms with van der Waals surface area (Å²) in [5, 5.41) is 20.5. The molecule has 0 saturated carbocycles. The quantitative estimate of drug-likeness (QED) is 0.407. The summed E-state index contributed by atoms with van der Waals surface area (Å²) in [7, 11) is 1.32. The van der Waals surface area contributed by atoms with Crippen LogP contribution in [-0.4, -0.2) is 34.9 Å². The van der Waals surface area contributed by atoms with Gasteiger partial charge in [-0.2, -0.15) is 17.0 Å². The third kappa shape index (κ3) is 5.27. The van der Waals surface area contributed by atoms with Crippen molar-refractivity contribution in [1.29, 1.82) is 5.26 Å². The Morgan fingerprint density at radius 3 is 2.80 bits per heavy atom. The Morgan fingerprint density at radius 1 is 1.73 bits per heavy atom. The topological polar surface area (TPSA) is 82.7 Å². The lowest BCUT2D eigenvalue weighted by molar-refractivity contribution is -0.129. The van der Waals surface area contributed by atoms with E-state index in [1.165, 1.54) is 18.9 Å². The first-order chi connectivity index (χ1) is 7.17. The fourth-order valence-electron chi connectivity index (χ4n) is 0.971. The maximum Gasteiger partial charge on any atom is 0.354 e. The van der Waals surface area contributed by atoms with Crippen molar-refractivity contribution >= 4 is 23.4 Å². The molecule has 0 saturated heterocycles. The molecule has 0 heterocycles. The Kier molecular flexibility index (Phi) is 7.46. The number of carboxylic acid groups (broad SMARTS) is 1. The molecular weight excluding hydrogens is 216 g/mol. The zero-order chi connectivity index (χ0) is 11.7. The number of rotatable bonds is 7. The van der Waals surface area contributed by atoms with Gasteiger partial charge in [0, 0.05) is 12.2 Å². The van der Waals surface area contributed by atoms with Gasteiger partial charge in [0.2, 0.25) is 0 Å². The van der Waals surface area contributed by atoms with Crippen molar-refractivity contribution in [2.75, 3.05) is 12.9 Å². The zero-order valence-corrected chi connectivity index (χ0v) is 9.58. The highest BCUT2D eigenvalue weighted by Crippen LogP contribution is 2.17. The SMILES string of the molecule is CCC(SCCC#N)C(=NOC)C(=O)O. The molecule has 15 heavy (non-hydrogen) atoms. The summed E-state index contributed by atoms with van der Waals surface area (Å²) < 4.78 is 0. The van der Waals surface area contributed by atoms with E-state index in [1.807, 2.05) is 13.0 Å². The van der Waals surface area contributed by atoms with Gasteiger partial charge in [0.25, 0.3) is 0 Å². The highest BCUT2D eigenvalue weighted by atomic mass is 32.2. The summed E-state index contributed by atoms with van der Waals surface area (Å²) in [6, 6.07) is 2.01. The average Bonchev–Trinajstić information content (AvgIpc) is 2.22. The molecule has 0 spiro atoms. The molecule has 0 rings (SSSR count). The van der Waals surface area contributed by atoms with Gasteiger partial charge in [-0.15, -0.1) is 0 Å². The van der Waals surface area contributed by atoms with Gasteiger partial charge in [-0.1, -0.05) is 12.1 Å².